The summed E-state index contributed by atoms with van der Waals surface area (Å²) in [5.74, 6) is 0. The fraction of sp³-hybridized carbons (Fsp3) is 0.538. The number of anilines is 1. The largest absolute Gasteiger partial charge is 0.399 e. The van der Waals surface area contributed by atoms with Crippen LogP contribution in [-0.4, -0.2) is 39.5 Å². The molecule has 1 unspecified atom stereocenters. The molecule has 0 fully saturated rings. The zero-order valence-corrected chi connectivity index (χ0v) is 12.7. The lowest BCUT2D eigenvalue weighted by Gasteiger charge is -2.25. The van der Waals surface area contributed by atoms with Crippen LogP contribution in [0.15, 0.2) is 23.1 Å². The second-order valence-corrected chi connectivity index (χ2v) is 6.51. The number of nitrogen functional groups attached to an aromatic ring is 1. The third kappa shape index (κ3) is 3.46. The molecule has 19 heavy (non-hydrogen) atoms. The maximum atomic E-state index is 12.6. The molecule has 2 N–H and O–H groups in total. The molecular formula is C13H22N2O3S. The number of aryl methyl sites for hydroxylation is 1. The summed E-state index contributed by atoms with van der Waals surface area (Å²) in [6.07, 6.45) is 0.640. The molecule has 1 aromatic carbocycles. The summed E-state index contributed by atoms with van der Waals surface area (Å²) < 4.78 is 31.5. The van der Waals surface area contributed by atoms with E-state index >= 15 is 0 Å². The van der Waals surface area contributed by atoms with E-state index < -0.39 is 10.0 Å². The SMILES string of the molecule is CCc1ccc(N)cc1S(=O)(=O)N(C)C(C)COC. The first kappa shape index (κ1) is 15.9. The molecule has 108 valence electrons. The van der Waals surface area contributed by atoms with E-state index in [1.807, 2.05) is 6.92 Å². The first-order valence-electron chi connectivity index (χ1n) is 6.20. The number of rotatable bonds is 6. The van der Waals surface area contributed by atoms with Crippen LogP contribution in [0, 0.1) is 0 Å². The van der Waals surface area contributed by atoms with E-state index in [2.05, 4.69) is 0 Å². The molecule has 0 aliphatic carbocycles. The first-order chi connectivity index (χ1) is 8.84. The van der Waals surface area contributed by atoms with Crippen LogP contribution in [0.25, 0.3) is 0 Å². The normalized spacial score (nSPS) is 13.7. The summed E-state index contributed by atoms with van der Waals surface area (Å²) in [6.45, 7) is 4.07. The molecule has 0 saturated heterocycles. The van der Waals surface area contributed by atoms with Crippen LogP contribution < -0.4 is 5.73 Å². The lowest BCUT2D eigenvalue weighted by Crippen LogP contribution is -2.38. The van der Waals surface area contributed by atoms with E-state index in [4.69, 9.17) is 10.5 Å². The van der Waals surface area contributed by atoms with Crippen molar-refractivity contribution in [1.82, 2.24) is 4.31 Å². The van der Waals surface area contributed by atoms with Crippen LogP contribution in [-0.2, 0) is 21.2 Å². The summed E-state index contributed by atoms with van der Waals surface area (Å²) in [7, 11) is -0.445. The van der Waals surface area contributed by atoms with Gasteiger partial charge in [-0.2, -0.15) is 4.31 Å². The fourth-order valence-corrected chi connectivity index (χ4v) is 3.52. The van der Waals surface area contributed by atoms with Gasteiger partial charge in [-0.1, -0.05) is 13.0 Å². The van der Waals surface area contributed by atoms with Gasteiger partial charge in [0.05, 0.1) is 11.5 Å². The molecule has 1 rings (SSSR count). The molecule has 6 heteroatoms. The molecule has 0 amide bonds. The van der Waals surface area contributed by atoms with Gasteiger partial charge in [-0.3, -0.25) is 0 Å². The minimum Gasteiger partial charge on any atom is -0.399 e. The predicted octanol–water partition coefficient (Wildman–Crippen LogP) is 1.49. The summed E-state index contributed by atoms with van der Waals surface area (Å²) in [5, 5.41) is 0. The van der Waals surface area contributed by atoms with Crippen molar-refractivity contribution in [2.45, 2.75) is 31.2 Å². The number of sulfonamides is 1. The fourth-order valence-electron chi connectivity index (χ4n) is 1.84. The molecule has 0 aliphatic heterocycles. The molecule has 5 nitrogen and oxygen atoms in total. The maximum Gasteiger partial charge on any atom is 0.243 e. The molecule has 0 saturated carbocycles. The smallest absolute Gasteiger partial charge is 0.243 e. The quantitative estimate of drug-likeness (QED) is 0.804. The van der Waals surface area contributed by atoms with Gasteiger partial charge in [0.15, 0.2) is 0 Å². The van der Waals surface area contributed by atoms with Crippen LogP contribution in [0.4, 0.5) is 5.69 Å². The Morgan fingerprint density at radius 2 is 2.05 bits per heavy atom. The Morgan fingerprint density at radius 1 is 1.42 bits per heavy atom. The predicted molar refractivity (Wildman–Crippen MR) is 76.5 cm³/mol. The van der Waals surface area contributed by atoms with Crippen molar-refractivity contribution in [2.24, 2.45) is 0 Å². The van der Waals surface area contributed by atoms with Crippen molar-refractivity contribution >= 4 is 15.7 Å². The number of benzene rings is 1. The highest BCUT2D eigenvalue weighted by Crippen LogP contribution is 2.24. The van der Waals surface area contributed by atoms with Gasteiger partial charge in [0.2, 0.25) is 10.0 Å². The minimum atomic E-state index is -3.55. The van der Waals surface area contributed by atoms with E-state index in [9.17, 15) is 8.42 Å². The molecule has 1 aromatic rings. The average Bonchev–Trinajstić information content (AvgIpc) is 2.38. The number of methoxy groups -OCH3 is 1. The summed E-state index contributed by atoms with van der Waals surface area (Å²) in [6, 6.07) is 4.76. The number of ether oxygens (including phenoxy) is 1. The minimum absolute atomic E-state index is 0.235. The Bertz CT molecular complexity index is 529. The zero-order valence-electron chi connectivity index (χ0n) is 11.9. The van der Waals surface area contributed by atoms with Gasteiger partial charge >= 0.3 is 0 Å². The Kier molecular flexibility index (Phi) is 5.34. The first-order valence-corrected chi connectivity index (χ1v) is 7.64. The van der Waals surface area contributed by atoms with E-state index in [0.29, 0.717) is 18.7 Å². The molecular weight excluding hydrogens is 264 g/mol. The number of hydrogen-bond acceptors (Lipinski definition) is 4. The molecule has 0 aliphatic rings. The number of nitrogens with zero attached hydrogens (tertiary/aromatic N) is 1. The van der Waals surface area contributed by atoms with Crippen molar-refractivity contribution < 1.29 is 13.2 Å². The van der Waals surface area contributed by atoms with Gasteiger partial charge in [-0.25, -0.2) is 8.42 Å². The standard InChI is InChI=1S/C13H22N2O3S/c1-5-11-6-7-12(14)8-13(11)19(16,17)15(3)10(2)9-18-4/h6-8,10H,5,9,14H2,1-4H3. The van der Waals surface area contributed by atoms with Crippen molar-refractivity contribution in [3.63, 3.8) is 0 Å². The Hall–Kier alpha value is -1.11. The second-order valence-electron chi connectivity index (χ2n) is 4.55. The van der Waals surface area contributed by atoms with Crippen LogP contribution in [0.2, 0.25) is 0 Å². The highest BCUT2D eigenvalue weighted by molar-refractivity contribution is 7.89. The third-order valence-corrected chi connectivity index (χ3v) is 5.21. The Labute approximate surface area is 115 Å². The lowest BCUT2D eigenvalue weighted by molar-refractivity contribution is 0.149. The number of hydrogen-bond donors (Lipinski definition) is 1. The maximum absolute atomic E-state index is 12.6. The molecule has 0 spiro atoms. The van der Waals surface area contributed by atoms with Gasteiger partial charge in [-0.15, -0.1) is 0 Å². The third-order valence-electron chi connectivity index (χ3n) is 3.16. The monoisotopic (exact) mass is 286 g/mol. The van der Waals surface area contributed by atoms with Crippen LogP contribution in [0.1, 0.15) is 19.4 Å². The lowest BCUT2D eigenvalue weighted by atomic mass is 10.1. The molecule has 1 atom stereocenters. The molecule has 0 bridgehead atoms. The average molecular weight is 286 g/mol. The van der Waals surface area contributed by atoms with E-state index in [-0.39, 0.29) is 10.9 Å². The van der Waals surface area contributed by atoms with Gasteiger partial charge in [0.25, 0.3) is 0 Å². The molecule has 0 aromatic heterocycles. The van der Waals surface area contributed by atoms with Crippen molar-refractivity contribution in [3.05, 3.63) is 23.8 Å². The van der Waals surface area contributed by atoms with Gasteiger partial charge in [-0.05, 0) is 31.0 Å². The van der Waals surface area contributed by atoms with Crippen molar-refractivity contribution in [2.75, 3.05) is 26.5 Å². The number of nitrogens with two attached hydrogens (primary N) is 1. The number of likely N-dealkylation sites (N-methyl/N-ethyl adjacent to an activating group) is 1. The highest BCUT2D eigenvalue weighted by atomic mass is 32.2. The van der Waals surface area contributed by atoms with Crippen LogP contribution >= 0.6 is 0 Å². The summed E-state index contributed by atoms with van der Waals surface area (Å²) in [5.41, 5.74) is 6.92. The summed E-state index contributed by atoms with van der Waals surface area (Å²) >= 11 is 0. The molecule has 0 heterocycles. The van der Waals surface area contributed by atoms with Gasteiger partial charge in [0, 0.05) is 25.9 Å². The molecule has 0 radical (unpaired) electrons. The van der Waals surface area contributed by atoms with Gasteiger partial charge < -0.3 is 10.5 Å². The Balaban J connectivity index is 3.23. The highest BCUT2D eigenvalue weighted by Gasteiger charge is 2.27. The van der Waals surface area contributed by atoms with Crippen molar-refractivity contribution in [1.29, 1.82) is 0 Å². The van der Waals surface area contributed by atoms with E-state index in [0.717, 1.165) is 5.56 Å². The van der Waals surface area contributed by atoms with E-state index in [1.165, 1.54) is 10.4 Å². The second kappa shape index (κ2) is 6.36. The van der Waals surface area contributed by atoms with Crippen molar-refractivity contribution in [3.8, 4) is 0 Å². The zero-order chi connectivity index (χ0) is 14.6. The van der Waals surface area contributed by atoms with Crippen LogP contribution in [0.3, 0.4) is 0 Å². The topological polar surface area (TPSA) is 72.6 Å². The summed E-state index contributed by atoms with van der Waals surface area (Å²) in [4.78, 5) is 0.278. The van der Waals surface area contributed by atoms with Crippen LogP contribution in [0.5, 0.6) is 0 Å². The van der Waals surface area contributed by atoms with Gasteiger partial charge in [0.1, 0.15) is 0 Å². The van der Waals surface area contributed by atoms with E-state index in [1.54, 1.807) is 33.2 Å². The Morgan fingerprint density at radius 3 is 2.58 bits per heavy atom.